The molecule has 0 spiro atoms. The van der Waals surface area contributed by atoms with Crippen LogP contribution >= 0.6 is 23.4 Å². The number of hydrogen-bond donors (Lipinski definition) is 1. The van der Waals surface area contributed by atoms with Crippen LogP contribution in [0.5, 0.6) is 0 Å². The Morgan fingerprint density at radius 1 is 1.41 bits per heavy atom. The van der Waals surface area contributed by atoms with Crippen LogP contribution in [0, 0.1) is 0 Å². The van der Waals surface area contributed by atoms with Crippen molar-refractivity contribution in [3.63, 3.8) is 0 Å². The minimum absolute atomic E-state index is 0.153. The van der Waals surface area contributed by atoms with E-state index in [1.807, 2.05) is 12.1 Å². The van der Waals surface area contributed by atoms with Crippen molar-refractivity contribution in [2.45, 2.75) is 5.22 Å². The summed E-state index contributed by atoms with van der Waals surface area (Å²) in [6.45, 7) is 0. The van der Waals surface area contributed by atoms with E-state index in [-0.39, 0.29) is 5.75 Å². The Kier molecular flexibility index (Phi) is 3.71. The van der Waals surface area contributed by atoms with E-state index < -0.39 is 5.91 Å². The molecule has 17 heavy (non-hydrogen) atoms. The molecule has 2 rings (SSSR count). The van der Waals surface area contributed by atoms with Crippen molar-refractivity contribution in [3.8, 4) is 11.3 Å². The quantitative estimate of drug-likeness (QED) is 0.866. The first-order valence-electron chi connectivity index (χ1n) is 4.78. The third kappa shape index (κ3) is 3.25. The van der Waals surface area contributed by atoms with Crippen LogP contribution in [0.25, 0.3) is 11.3 Å². The van der Waals surface area contributed by atoms with Gasteiger partial charge in [0.1, 0.15) is 0 Å². The number of carbonyl (C=O) groups is 1. The highest BCUT2D eigenvalue weighted by Gasteiger charge is 2.07. The van der Waals surface area contributed by atoms with Gasteiger partial charge in [-0.25, -0.2) is 4.98 Å². The van der Waals surface area contributed by atoms with Crippen molar-refractivity contribution in [3.05, 3.63) is 35.5 Å². The molecule has 0 bridgehead atoms. The van der Waals surface area contributed by atoms with Crippen LogP contribution in [0.4, 0.5) is 0 Å². The molecule has 6 heteroatoms. The molecular formula is C11H9ClN2O2S. The summed E-state index contributed by atoms with van der Waals surface area (Å²) in [5.41, 5.74) is 5.91. The van der Waals surface area contributed by atoms with Gasteiger partial charge in [-0.05, 0) is 24.3 Å². The van der Waals surface area contributed by atoms with Gasteiger partial charge in [0.15, 0.2) is 5.76 Å². The number of nitrogens with two attached hydrogens (primary N) is 1. The standard InChI is InChI=1S/C11H9ClN2O2S/c12-8-3-1-7(2-4-8)9-5-14-11(16-9)17-6-10(13)15/h1-5H,6H2,(H2,13,15). The molecule has 0 atom stereocenters. The second-order valence-corrected chi connectivity index (χ2v) is 4.62. The van der Waals surface area contributed by atoms with Crippen molar-refractivity contribution in [1.82, 2.24) is 4.98 Å². The van der Waals surface area contributed by atoms with Crippen molar-refractivity contribution in [2.24, 2.45) is 5.73 Å². The third-order valence-electron chi connectivity index (χ3n) is 1.95. The lowest BCUT2D eigenvalue weighted by molar-refractivity contribution is -0.115. The molecule has 1 aromatic heterocycles. The summed E-state index contributed by atoms with van der Waals surface area (Å²) in [7, 11) is 0. The van der Waals surface area contributed by atoms with E-state index in [0.29, 0.717) is 16.0 Å². The zero-order chi connectivity index (χ0) is 12.3. The molecule has 88 valence electrons. The van der Waals surface area contributed by atoms with Crippen LogP contribution < -0.4 is 5.73 Å². The third-order valence-corrected chi connectivity index (χ3v) is 3.07. The second-order valence-electron chi connectivity index (χ2n) is 3.25. The maximum atomic E-state index is 10.6. The fraction of sp³-hybridized carbons (Fsp3) is 0.0909. The maximum absolute atomic E-state index is 10.6. The summed E-state index contributed by atoms with van der Waals surface area (Å²) >= 11 is 6.96. The van der Waals surface area contributed by atoms with Crippen molar-refractivity contribution < 1.29 is 9.21 Å². The number of amides is 1. The van der Waals surface area contributed by atoms with E-state index in [2.05, 4.69) is 4.98 Å². The minimum atomic E-state index is -0.402. The highest BCUT2D eigenvalue weighted by Crippen LogP contribution is 2.26. The Labute approximate surface area is 107 Å². The number of carbonyl (C=O) groups excluding carboxylic acids is 1. The molecular weight excluding hydrogens is 260 g/mol. The van der Waals surface area contributed by atoms with E-state index in [4.69, 9.17) is 21.8 Å². The summed E-state index contributed by atoms with van der Waals surface area (Å²) in [5, 5.41) is 1.09. The molecule has 0 saturated heterocycles. The number of primary amides is 1. The Morgan fingerprint density at radius 2 is 2.12 bits per heavy atom. The highest BCUT2D eigenvalue weighted by atomic mass is 35.5. The number of thioether (sulfide) groups is 1. The molecule has 1 aromatic carbocycles. The predicted octanol–water partition coefficient (Wildman–Crippen LogP) is 2.57. The lowest BCUT2D eigenvalue weighted by Gasteiger charge is -1.95. The molecule has 0 aliphatic carbocycles. The van der Waals surface area contributed by atoms with Gasteiger partial charge >= 0.3 is 0 Å². The Hall–Kier alpha value is -1.46. The van der Waals surface area contributed by atoms with Crippen molar-refractivity contribution >= 4 is 29.3 Å². The molecule has 0 aliphatic heterocycles. The van der Waals surface area contributed by atoms with Gasteiger partial charge in [0.25, 0.3) is 5.22 Å². The topological polar surface area (TPSA) is 69.1 Å². The molecule has 0 aliphatic rings. The number of hydrogen-bond acceptors (Lipinski definition) is 4. The van der Waals surface area contributed by atoms with Gasteiger partial charge in [0.05, 0.1) is 11.9 Å². The number of halogens is 1. The number of benzene rings is 1. The molecule has 2 aromatic rings. The van der Waals surface area contributed by atoms with Gasteiger partial charge in [-0.2, -0.15) is 0 Å². The normalized spacial score (nSPS) is 10.4. The smallest absolute Gasteiger partial charge is 0.256 e. The van der Waals surface area contributed by atoms with Gasteiger partial charge < -0.3 is 10.2 Å². The zero-order valence-electron chi connectivity index (χ0n) is 8.72. The summed E-state index contributed by atoms with van der Waals surface area (Å²) in [6, 6.07) is 7.22. The van der Waals surface area contributed by atoms with E-state index in [9.17, 15) is 4.79 Å². The molecule has 0 radical (unpaired) electrons. The molecule has 4 nitrogen and oxygen atoms in total. The van der Waals surface area contributed by atoms with Crippen molar-refractivity contribution in [2.75, 3.05) is 5.75 Å². The first-order chi connectivity index (χ1) is 8.15. The Balaban J connectivity index is 2.12. The van der Waals surface area contributed by atoms with E-state index in [1.54, 1.807) is 18.3 Å². The second kappa shape index (κ2) is 5.25. The average molecular weight is 269 g/mol. The molecule has 0 saturated carbocycles. The van der Waals surface area contributed by atoms with Crippen LogP contribution in [0.1, 0.15) is 0 Å². The van der Waals surface area contributed by atoms with Crippen LogP contribution in [-0.4, -0.2) is 16.6 Å². The summed E-state index contributed by atoms with van der Waals surface area (Å²) < 4.78 is 5.46. The number of aromatic nitrogens is 1. The summed E-state index contributed by atoms with van der Waals surface area (Å²) in [6.07, 6.45) is 1.60. The monoisotopic (exact) mass is 268 g/mol. The van der Waals surface area contributed by atoms with E-state index in [0.717, 1.165) is 5.56 Å². The van der Waals surface area contributed by atoms with Gasteiger partial charge in [0, 0.05) is 10.6 Å². The van der Waals surface area contributed by atoms with Crippen LogP contribution in [0.15, 0.2) is 40.1 Å². The largest absolute Gasteiger partial charge is 0.431 e. The minimum Gasteiger partial charge on any atom is -0.431 e. The molecule has 2 N–H and O–H groups in total. The number of nitrogens with zero attached hydrogens (tertiary/aromatic N) is 1. The predicted molar refractivity (Wildman–Crippen MR) is 66.9 cm³/mol. The zero-order valence-corrected chi connectivity index (χ0v) is 10.3. The van der Waals surface area contributed by atoms with E-state index >= 15 is 0 Å². The summed E-state index contributed by atoms with van der Waals surface area (Å²) in [5.74, 6) is 0.385. The van der Waals surface area contributed by atoms with Gasteiger partial charge in [0.2, 0.25) is 5.91 Å². The van der Waals surface area contributed by atoms with Crippen LogP contribution in [0.2, 0.25) is 5.02 Å². The fourth-order valence-corrected chi connectivity index (χ4v) is 1.87. The Morgan fingerprint density at radius 3 is 2.76 bits per heavy atom. The van der Waals surface area contributed by atoms with Crippen LogP contribution in [-0.2, 0) is 4.79 Å². The number of rotatable bonds is 4. The van der Waals surface area contributed by atoms with E-state index in [1.165, 1.54) is 11.8 Å². The SMILES string of the molecule is NC(=O)CSc1ncc(-c2ccc(Cl)cc2)o1. The highest BCUT2D eigenvalue weighted by molar-refractivity contribution is 7.99. The van der Waals surface area contributed by atoms with Gasteiger partial charge in [-0.3, -0.25) is 4.79 Å². The van der Waals surface area contributed by atoms with Gasteiger partial charge in [-0.1, -0.05) is 23.4 Å². The van der Waals surface area contributed by atoms with Crippen LogP contribution in [0.3, 0.4) is 0 Å². The lowest BCUT2D eigenvalue weighted by Crippen LogP contribution is -2.12. The Bertz CT molecular complexity index is 525. The first-order valence-corrected chi connectivity index (χ1v) is 6.14. The summed E-state index contributed by atoms with van der Waals surface area (Å²) in [4.78, 5) is 14.6. The lowest BCUT2D eigenvalue weighted by atomic mass is 10.2. The molecule has 1 amide bonds. The maximum Gasteiger partial charge on any atom is 0.256 e. The van der Waals surface area contributed by atoms with Crippen molar-refractivity contribution in [1.29, 1.82) is 0 Å². The number of oxazole rings is 1. The average Bonchev–Trinajstić information content (AvgIpc) is 2.76. The molecule has 0 fully saturated rings. The first kappa shape index (κ1) is 12.0. The molecule has 1 heterocycles. The fourth-order valence-electron chi connectivity index (χ4n) is 1.21. The molecule has 0 unspecified atom stereocenters. The van der Waals surface area contributed by atoms with Gasteiger partial charge in [-0.15, -0.1) is 0 Å².